The molecule has 0 radical (unpaired) electrons. The first-order valence-corrected chi connectivity index (χ1v) is 22.2. The predicted molar refractivity (Wildman–Crippen MR) is 266 cm³/mol. The molecule has 0 bridgehead atoms. The number of rotatable bonds is 5. The molecule has 0 aliphatic carbocycles. The monoisotopic (exact) mass is 818 g/mol. The van der Waals surface area contributed by atoms with Gasteiger partial charge in [-0.25, -0.2) is 9.97 Å². The second-order valence-electron chi connectivity index (χ2n) is 16.5. The van der Waals surface area contributed by atoms with Crippen molar-refractivity contribution in [3.05, 3.63) is 206 Å². The first kappa shape index (κ1) is 34.6. The van der Waals surface area contributed by atoms with Crippen LogP contribution in [0.15, 0.2) is 206 Å². The van der Waals surface area contributed by atoms with Crippen molar-refractivity contribution in [2.24, 2.45) is 0 Å². The smallest absolute Gasteiger partial charge is 0.162 e. The number of nitrogens with zero attached hydrogens (tertiary/aromatic N) is 4. The molecular formula is C58H34N4S. The lowest BCUT2D eigenvalue weighted by atomic mass is 9.99. The van der Waals surface area contributed by atoms with E-state index in [9.17, 15) is 0 Å². The zero-order chi connectivity index (χ0) is 41.2. The van der Waals surface area contributed by atoms with Crippen molar-refractivity contribution in [3.8, 4) is 50.6 Å². The molecule has 0 aliphatic heterocycles. The normalized spacial score (nSPS) is 12.1. The maximum absolute atomic E-state index is 5.64. The van der Waals surface area contributed by atoms with Gasteiger partial charge in [-0.05, 0) is 69.8 Å². The Labute approximate surface area is 365 Å². The Morgan fingerprint density at radius 3 is 1.68 bits per heavy atom. The molecule has 0 N–H and O–H groups in total. The van der Waals surface area contributed by atoms with E-state index in [1.165, 1.54) is 81.4 Å². The highest BCUT2D eigenvalue weighted by Gasteiger charge is 2.27. The lowest BCUT2D eigenvalue weighted by Gasteiger charge is -2.12. The summed E-state index contributed by atoms with van der Waals surface area (Å²) in [4.78, 5) is 11.0. The zero-order valence-electron chi connectivity index (χ0n) is 33.8. The standard InChI is InChI=1S/C58H34N4S/c1-4-14-35(15-5-1)38-24-26-39(27-25-38)57-59-54-44-21-11-13-23-51(44)63-56(54)58(60-57)62-48-31-29-40(36-16-6-2-7-17-36)32-46(48)52-50(62)34-45-42-30-28-41(37-18-8-3-9-19-37)33-49(42)61-47-22-12-10-20-43(47)53(52)55(45)61/h1-34H. The summed E-state index contributed by atoms with van der Waals surface area (Å²) in [6.07, 6.45) is 0. The summed E-state index contributed by atoms with van der Waals surface area (Å²) in [5.74, 6) is 1.60. The fourth-order valence-corrected chi connectivity index (χ4v) is 11.3. The van der Waals surface area contributed by atoms with Crippen molar-refractivity contribution >= 4 is 91.5 Å². The summed E-state index contributed by atoms with van der Waals surface area (Å²) in [6.45, 7) is 0. The second-order valence-corrected chi connectivity index (χ2v) is 17.6. The van der Waals surface area contributed by atoms with Crippen LogP contribution in [0.25, 0.3) is 131 Å². The highest BCUT2D eigenvalue weighted by atomic mass is 32.1. The molecule has 292 valence electrons. The van der Waals surface area contributed by atoms with Gasteiger partial charge < -0.3 is 4.40 Å². The first-order chi connectivity index (χ1) is 31.2. The topological polar surface area (TPSA) is 35.1 Å². The number of aromatic nitrogens is 4. The molecule has 5 aromatic heterocycles. The Kier molecular flexibility index (Phi) is 7.24. The Balaban J connectivity index is 1.13. The van der Waals surface area contributed by atoms with Gasteiger partial charge in [0.2, 0.25) is 0 Å². The highest BCUT2D eigenvalue weighted by molar-refractivity contribution is 7.26. The third-order valence-electron chi connectivity index (χ3n) is 13.1. The van der Waals surface area contributed by atoms with Crippen LogP contribution >= 0.6 is 11.3 Å². The zero-order valence-corrected chi connectivity index (χ0v) is 34.6. The Hall–Kier alpha value is -8.12. The SMILES string of the molecule is c1ccc(-c2ccc(-c3nc(-n4c5ccc(-c6ccccc6)cc5c5c6c7ccccc7n7c8cc(-c9ccccc9)ccc8c(cc54)c67)c4sc5ccccc5c4n3)cc2)cc1. The van der Waals surface area contributed by atoms with Crippen LogP contribution in [0.1, 0.15) is 0 Å². The van der Waals surface area contributed by atoms with E-state index in [4.69, 9.17) is 9.97 Å². The molecule has 5 heterocycles. The predicted octanol–water partition coefficient (Wildman–Crippen LogP) is 15.8. The van der Waals surface area contributed by atoms with Gasteiger partial charge in [0.1, 0.15) is 0 Å². The Morgan fingerprint density at radius 1 is 0.349 bits per heavy atom. The van der Waals surface area contributed by atoms with Crippen molar-refractivity contribution in [2.75, 3.05) is 0 Å². The summed E-state index contributed by atoms with van der Waals surface area (Å²) in [6, 6.07) is 74.7. The van der Waals surface area contributed by atoms with E-state index < -0.39 is 0 Å². The molecule has 0 saturated heterocycles. The molecule has 0 atom stereocenters. The molecule has 4 nitrogen and oxygen atoms in total. The minimum Gasteiger partial charge on any atom is -0.308 e. The second kappa shape index (κ2) is 13.2. The van der Waals surface area contributed by atoms with E-state index in [1.807, 2.05) is 0 Å². The minimum atomic E-state index is 0.706. The van der Waals surface area contributed by atoms with Gasteiger partial charge in [0, 0.05) is 48.0 Å². The van der Waals surface area contributed by atoms with Crippen LogP contribution < -0.4 is 0 Å². The average molecular weight is 819 g/mol. The number of hydrogen-bond acceptors (Lipinski definition) is 3. The van der Waals surface area contributed by atoms with Crippen molar-refractivity contribution in [3.63, 3.8) is 0 Å². The molecule has 14 rings (SSSR count). The van der Waals surface area contributed by atoms with Crippen LogP contribution in [-0.2, 0) is 0 Å². The Bertz CT molecular complexity index is 4110. The van der Waals surface area contributed by atoms with Gasteiger partial charge in [0.25, 0.3) is 0 Å². The average Bonchev–Trinajstić information content (AvgIpc) is 4.10. The molecule has 63 heavy (non-hydrogen) atoms. The first-order valence-electron chi connectivity index (χ1n) is 21.4. The summed E-state index contributed by atoms with van der Waals surface area (Å²) < 4.78 is 7.22. The van der Waals surface area contributed by atoms with Crippen molar-refractivity contribution in [1.29, 1.82) is 0 Å². The molecule has 5 heteroatoms. The third kappa shape index (κ3) is 5.03. The molecule has 0 unspecified atom stereocenters. The number of hydrogen-bond donors (Lipinski definition) is 0. The summed E-state index contributed by atoms with van der Waals surface area (Å²) in [5, 5.41) is 8.54. The van der Waals surface area contributed by atoms with Gasteiger partial charge in [-0.3, -0.25) is 4.57 Å². The molecule has 14 aromatic rings. The van der Waals surface area contributed by atoms with Crippen LogP contribution in [0.3, 0.4) is 0 Å². The molecule has 0 spiro atoms. The largest absolute Gasteiger partial charge is 0.308 e. The molecular weight excluding hydrogens is 785 g/mol. The van der Waals surface area contributed by atoms with E-state index in [0.717, 1.165) is 43.6 Å². The van der Waals surface area contributed by atoms with Crippen molar-refractivity contribution in [1.82, 2.24) is 18.9 Å². The van der Waals surface area contributed by atoms with Crippen LogP contribution in [0.2, 0.25) is 0 Å². The molecule has 0 fully saturated rings. The van der Waals surface area contributed by atoms with Crippen molar-refractivity contribution in [2.45, 2.75) is 0 Å². The van der Waals surface area contributed by atoms with Gasteiger partial charge in [-0.1, -0.05) is 170 Å². The van der Waals surface area contributed by atoms with E-state index in [-0.39, 0.29) is 0 Å². The number of fused-ring (bicyclic) bond motifs is 13. The van der Waals surface area contributed by atoms with Crippen LogP contribution in [-0.4, -0.2) is 18.9 Å². The van der Waals surface area contributed by atoms with Gasteiger partial charge in [0.15, 0.2) is 11.6 Å². The Morgan fingerprint density at radius 2 is 0.937 bits per heavy atom. The number of para-hydroxylation sites is 1. The third-order valence-corrected chi connectivity index (χ3v) is 14.2. The lowest BCUT2D eigenvalue weighted by molar-refractivity contribution is 1.08. The van der Waals surface area contributed by atoms with Gasteiger partial charge in [-0.15, -0.1) is 11.3 Å². The quantitative estimate of drug-likeness (QED) is 0.173. The van der Waals surface area contributed by atoms with Crippen LogP contribution in [0.5, 0.6) is 0 Å². The lowest BCUT2D eigenvalue weighted by Crippen LogP contribution is -2.01. The maximum atomic E-state index is 5.64. The number of thiophene rings is 1. The molecule has 0 aliphatic rings. The fraction of sp³-hybridized carbons (Fsp3) is 0. The van der Waals surface area contributed by atoms with Crippen LogP contribution in [0.4, 0.5) is 0 Å². The fourth-order valence-electron chi connectivity index (χ4n) is 10.2. The highest BCUT2D eigenvalue weighted by Crippen LogP contribution is 2.49. The molecule has 0 saturated carbocycles. The van der Waals surface area contributed by atoms with E-state index in [1.54, 1.807) is 11.3 Å². The summed E-state index contributed by atoms with van der Waals surface area (Å²) in [7, 11) is 0. The maximum Gasteiger partial charge on any atom is 0.162 e. The van der Waals surface area contributed by atoms with Crippen molar-refractivity contribution < 1.29 is 0 Å². The molecule has 0 amide bonds. The summed E-state index contributed by atoms with van der Waals surface area (Å²) >= 11 is 1.77. The van der Waals surface area contributed by atoms with Gasteiger partial charge >= 0.3 is 0 Å². The van der Waals surface area contributed by atoms with Gasteiger partial charge in [0.05, 0.1) is 37.8 Å². The molecule has 9 aromatic carbocycles. The number of benzene rings is 9. The van der Waals surface area contributed by atoms with Crippen LogP contribution in [0, 0.1) is 0 Å². The van der Waals surface area contributed by atoms with E-state index in [2.05, 4.69) is 215 Å². The minimum absolute atomic E-state index is 0.706. The summed E-state index contributed by atoms with van der Waals surface area (Å²) in [5.41, 5.74) is 15.0. The van der Waals surface area contributed by atoms with E-state index >= 15 is 0 Å². The van der Waals surface area contributed by atoms with E-state index in [0.29, 0.717) is 5.82 Å². The van der Waals surface area contributed by atoms with Gasteiger partial charge in [-0.2, -0.15) is 0 Å².